The molecule has 0 spiro atoms. The van der Waals surface area contributed by atoms with Gasteiger partial charge in [-0.3, -0.25) is 9.59 Å². The lowest BCUT2D eigenvalue weighted by Crippen LogP contribution is -2.37. The molecule has 0 bridgehead atoms. The van der Waals surface area contributed by atoms with Gasteiger partial charge in [0.25, 0.3) is 0 Å². The molecular formula is C18H24F3N3O4S. The van der Waals surface area contributed by atoms with Gasteiger partial charge in [-0.15, -0.1) is 0 Å². The number of hydrogen-bond donors (Lipinski definition) is 2. The molecule has 1 fully saturated rings. The maximum atomic E-state index is 12.4. The van der Waals surface area contributed by atoms with Crippen molar-refractivity contribution in [1.82, 2.24) is 14.9 Å². The molecule has 0 aliphatic carbocycles. The van der Waals surface area contributed by atoms with Crippen molar-refractivity contribution in [2.24, 2.45) is 5.92 Å². The number of carbonyl (C=O) groups is 2. The molecule has 2 amide bonds. The lowest BCUT2D eigenvalue weighted by molar-refractivity contribution is -0.157. The van der Waals surface area contributed by atoms with Gasteiger partial charge < -0.3 is 10.2 Å². The van der Waals surface area contributed by atoms with E-state index in [1.54, 1.807) is 38.1 Å². The van der Waals surface area contributed by atoms with Crippen molar-refractivity contribution in [3.8, 4) is 0 Å². The van der Waals surface area contributed by atoms with Crippen LogP contribution in [0.1, 0.15) is 31.4 Å². The number of rotatable bonds is 8. The molecule has 2 N–H and O–H groups in total. The van der Waals surface area contributed by atoms with Gasteiger partial charge in [0.2, 0.25) is 21.8 Å². The number of amides is 2. The van der Waals surface area contributed by atoms with Crippen molar-refractivity contribution in [1.29, 1.82) is 0 Å². The van der Waals surface area contributed by atoms with E-state index in [2.05, 4.69) is 10.0 Å². The molecule has 7 nitrogen and oxygen atoms in total. The van der Waals surface area contributed by atoms with Crippen LogP contribution in [0.3, 0.4) is 0 Å². The Morgan fingerprint density at radius 1 is 1.21 bits per heavy atom. The van der Waals surface area contributed by atoms with Gasteiger partial charge in [-0.25, -0.2) is 13.1 Å². The van der Waals surface area contributed by atoms with Crippen LogP contribution in [-0.2, 0) is 31.9 Å². The average Bonchev–Trinajstić information content (AvgIpc) is 2.91. The monoisotopic (exact) mass is 435 g/mol. The minimum atomic E-state index is -4.50. The second-order valence-corrected chi connectivity index (χ2v) is 9.11. The van der Waals surface area contributed by atoms with E-state index in [4.69, 9.17) is 0 Å². The highest BCUT2D eigenvalue weighted by Crippen LogP contribution is 2.24. The maximum absolute atomic E-state index is 12.4. The normalized spacial score (nSPS) is 17.8. The highest BCUT2D eigenvalue weighted by atomic mass is 32.2. The Labute approximate surface area is 167 Å². The fraction of sp³-hybridized carbons (Fsp3) is 0.556. The maximum Gasteiger partial charge on any atom is 0.406 e. The van der Waals surface area contributed by atoms with E-state index in [1.807, 2.05) is 0 Å². The SMILES string of the molecule is CC(C)NS(=O)(=O)Cc1ccc(CNC(=O)C2CC(=O)N(CC(F)(F)F)C2)cc1. The molecule has 11 heteroatoms. The Hall–Kier alpha value is -2.14. The van der Waals surface area contributed by atoms with E-state index in [1.165, 1.54) is 0 Å². The molecule has 1 aliphatic heterocycles. The van der Waals surface area contributed by atoms with E-state index >= 15 is 0 Å². The molecule has 1 atom stereocenters. The van der Waals surface area contributed by atoms with E-state index in [-0.39, 0.29) is 31.3 Å². The molecule has 162 valence electrons. The predicted octanol–water partition coefficient (Wildman–Crippen LogP) is 1.54. The van der Waals surface area contributed by atoms with Crippen LogP contribution in [0.5, 0.6) is 0 Å². The summed E-state index contributed by atoms with van der Waals surface area (Å²) in [5.41, 5.74) is 1.28. The number of sulfonamides is 1. The average molecular weight is 435 g/mol. The van der Waals surface area contributed by atoms with Crippen molar-refractivity contribution in [2.45, 2.75) is 44.8 Å². The van der Waals surface area contributed by atoms with Gasteiger partial charge in [0.1, 0.15) is 6.54 Å². The molecule has 1 saturated heterocycles. The van der Waals surface area contributed by atoms with Crippen LogP contribution in [0.25, 0.3) is 0 Å². The molecule has 1 aromatic carbocycles. The summed E-state index contributed by atoms with van der Waals surface area (Å²) in [5.74, 6) is -2.17. The molecule has 0 radical (unpaired) electrons. The summed E-state index contributed by atoms with van der Waals surface area (Å²) in [6.45, 7) is 1.96. The topological polar surface area (TPSA) is 95.6 Å². The van der Waals surface area contributed by atoms with Crippen LogP contribution < -0.4 is 10.0 Å². The lowest BCUT2D eigenvalue weighted by Gasteiger charge is -2.18. The third-order valence-electron chi connectivity index (χ3n) is 4.22. The smallest absolute Gasteiger partial charge is 0.352 e. The Morgan fingerprint density at radius 3 is 2.34 bits per heavy atom. The first kappa shape index (κ1) is 23.1. The molecule has 1 aliphatic rings. The van der Waals surface area contributed by atoms with Gasteiger partial charge in [-0.05, 0) is 25.0 Å². The number of halogens is 3. The zero-order valence-electron chi connectivity index (χ0n) is 16.1. The van der Waals surface area contributed by atoms with Crippen LogP contribution in [0.4, 0.5) is 13.2 Å². The lowest BCUT2D eigenvalue weighted by atomic mass is 10.1. The van der Waals surface area contributed by atoms with Crippen LogP contribution in [0, 0.1) is 5.92 Å². The van der Waals surface area contributed by atoms with Crippen LogP contribution in [0.15, 0.2) is 24.3 Å². The fourth-order valence-electron chi connectivity index (χ4n) is 3.02. The number of alkyl halides is 3. The molecule has 29 heavy (non-hydrogen) atoms. The molecule has 2 rings (SSSR count). The molecule has 0 aromatic heterocycles. The molecular weight excluding hydrogens is 411 g/mol. The summed E-state index contributed by atoms with van der Waals surface area (Å²) in [4.78, 5) is 24.5. The van der Waals surface area contributed by atoms with E-state index in [0.717, 1.165) is 0 Å². The third kappa shape index (κ3) is 7.65. The zero-order valence-corrected chi connectivity index (χ0v) is 16.9. The second-order valence-electron chi connectivity index (χ2n) is 7.36. The fourth-order valence-corrected chi connectivity index (χ4v) is 4.46. The predicted molar refractivity (Wildman–Crippen MR) is 99.9 cm³/mol. The van der Waals surface area contributed by atoms with E-state index < -0.39 is 40.5 Å². The van der Waals surface area contributed by atoms with Gasteiger partial charge in [-0.1, -0.05) is 24.3 Å². The van der Waals surface area contributed by atoms with Crippen molar-refractivity contribution >= 4 is 21.8 Å². The van der Waals surface area contributed by atoms with Crippen molar-refractivity contribution < 1.29 is 31.2 Å². The Balaban J connectivity index is 1.86. The van der Waals surface area contributed by atoms with Crippen molar-refractivity contribution in [3.05, 3.63) is 35.4 Å². The number of nitrogens with zero attached hydrogens (tertiary/aromatic N) is 1. The van der Waals surface area contributed by atoms with Gasteiger partial charge in [0, 0.05) is 25.6 Å². The van der Waals surface area contributed by atoms with Gasteiger partial charge in [0.05, 0.1) is 11.7 Å². The van der Waals surface area contributed by atoms with Gasteiger partial charge in [-0.2, -0.15) is 13.2 Å². The number of hydrogen-bond acceptors (Lipinski definition) is 4. The number of likely N-dealkylation sites (tertiary alicyclic amines) is 1. The summed E-state index contributed by atoms with van der Waals surface area (Å²) in [7, 11) is -3.44. The van der Waals surface area contributed by atoms with Crippen molar-refractivity contribution in [3.63, 3.8) is 0 Å². The number of nitrogens with one attached hydrogen (secondary N) is 2. The first-order valence-corrected chi connectivity index (χ1v) is 10.7. The third-order valence-corrected chi connectivity index (χ3v) is 5.76. The van der Waals surface area contributed by atoms with Crippen molar-refractivity contribution in [2.75, 3.05) is 13.1 Å². The van der Waals surface area contributed by atoms with Crippen LogP contribution >= 0.6 is 0 Å². The quantitative estimate of drug-likeness (QED) is 0.648. The Bertz CT molecular complexity index is 839. The molecule has 1 unspecified atom stereocenters. The molecule has 1 heterocycles. The molecule has 0 saturated carbocycles. The first-order valence-electron chi connectivity index (χ1n) is 9.05. The summed E-state index contributed by atoms with van der Waals surface area (Å²) >= 11 is 0. The highest BCUT2D eigenvalue weighted by Gasteiger charge is 2.40. The minimum absolute atomic E-state index is 0.125. The highest BCUT2D eigenvalue weighted by molar-refractivity contribution is 7.88. The van der Waals surface area contributed by atoms with E-state index in [0.29, 0.717) is 16.0 Å². The number of benzene rings is 1. The van der Waals surface area contributed by atoms with E-state index in [9.17, 15) is 31.2 Å². The Kier molecular flexibility index (Phi) is 7.28. The molecule has 1 aromatic rings. The van der Waals surface area contributed by atoms with Crippen LogP contribution in [0.2, 0.25) is 0 Å². The number of carbonyl (C=O) groups excluding carboxylic acids is 2. The Morgan fingerprint density at radius 2 is 1.79 bits per heavy atom. The summed E-state index contributed by atoms with van der Waals surface area (Å²) in [6, 6.07) is 6.38. The van der Waals surface area contributed by atoms with Gasteiger partial charge >= 0.3 is 6.18 Å². The zero-order chi connectivity index (χ0) is 21.8. The standard InChI is InChI=1S/C18H24F3N3O4S/c1-12(2)23-29(27,28)10-14-5-3-13(4-6-14)8-22-17(26)15-7-16(25)24(9-15)11-18(19,20)21/h3-6,12,15,23H,7-11H2,1-2H3,(H,22,26). The van der Waals surface area contributed by atoms with Gasteiger partial charge in [0.15, 0.2) is 0 Å². The minimum Gasteiger partial charge on any atom is -0.352 e. The van der Waals surface area contributed by atoms with Crippen LogP contribution in [-0.4, -0.2) is 50.4 Å². The summed E-state index contributed by atoms with van der Waals surface area (Å²) in [6.07, 6.45) is -4.75. The second kappa shape index (κ2) is 9.12. The summed E-state index contributed by atoms with van der Waals surface area (Å²) < 4.78 is 63.7. The largest absolute Gasteiger partial charge is 0.406 e. The summed E-state index contributed by atoms with van der Waals surface area (Å²) in [5, 5.41) is 2.61. The first-order chi connectivity index (χ1) is 13.3.